The van der Waals surface area contributed by atoms with E-state index in [0.29, 0.717) is 16.7 Å². The molecule has 0 spiro atoms. The Morgan fingerprint density at radius 2 is 1.93 bits per heavy atom. The van der Waals surface area contributed by atoms with Gasteiger partial charge in [0.2, 0.25) is 11.1 Å². The van der Waals surface area contributed by atoms with Crippen LogP contribution in [0.1, 0.15) is 23.0 Å². The molecule has 2 heterocycles. The number of carbonyl (C=O) groups excluding carboxylic acids is 1. The van der Waals surface area contributed by atoms with Crippen LogP contribution in [-0.4, -0.2) is 26.0 Å². The molecule has 0 saturated carbocycles. The van der Waals surface area contributed by atoms with Crippen LogP contribution in [-0.2, 0) is 11.3 Å². The fourth-order valence-corrected chi connectivity index (χ4v) is 4.24. The second kappa shape index (κ2) is 7.62. The van der Waals surface area contributed by atoms with Gasteiger partial charge in [-0.05, 0) is 30.2 Å². The maximum Gasteiger partial charge on any atom is 0.236 e. The summed E-state index contributed by atoms with van der Waals surface area (Å²) < 4.78 is 1.82. The maximum absolute atomic E-state index is 13.0. The van der Waals surface area contributed by atoms with Crippen LogP contribution >= 0.6 is 23.4 Å². The molecule has 1 aliphatic rings. The number of thioether (sulfide) groups is 1. The SMILES string of the molecule is Cc1nnc2n1N[C@@H](c1ccc(Cl)cc1)[C@H](C(=O)NCc1ccccc1)S2. The van der Waals surface area contributed by atoms with E-state index in [9.17, 15) is 4.79 Å². The monoisotopic (exact) mass is 399 g/mol. The first-order chi connectivity index (χ1) is 13.1. The molecule has 2 N–H and O–H groups in total. The van der Waals surface area contributed by atoms with Crippen LogP contribution in [0.5, 0.6) is 0 Å². The zero-order valence-electron chi connectivity index (χ0n) is 14.6. The van der Waals surface area contributed by atoms with Crippen molar-refractivity contribution in [2.75, 3.05) is 5.43 Å². The Balaban J connectivity index is 1.59. The van der Waals surface area contributed by atoms with Gasteiger partial charge in [0.1, 0.15) is 11.1 Å². The number of aromatic nitrogens is 3. The molecule has 1 aliphatic heterocycles. The van der Waals surface area contributed by atoms with Crippen LogP contribution in [0.2, 0.25) is 5.02 Å². The van der Waals surface area contributed by atoms with Crippen molar-refractivity contribution in [1.82, 2.24) is 20.2 Å². The lowest BCUT2D eigenvalue weighted by atomic mass is 10.0. The van der Waals surface area contributed by atoms with E-state index in [-0.39, 0.29) is 17.2 Å². The first-order valence-corrected chi connectivity index (χ1v) is 9.80. The zero-order chi connectivity index (χ0) is 18.8. The van der Waals surface area contributed by atoms with Crippen molar-refractivity contribution in [3.8, 4) is 0 Å². The van der Waals surface area contributed by atoms with Crippen LogP contribution < -0.4 is 10.7 Å². The molecule has 2 atom stereocenters. The lowest BCUT2D eigenvalue weighted by molar-refractivity contribution is -0.121. The van der Waals surface area contributed by atoms with Gasteiger partial charge in [0.15, 0.2) is 0 Å². The molecule has 8 heteroatoms. The van der Waals surface area contributed by atoms with E-state index in [0.717, 1.165) is 17.0 Å². The molecule has 3 aromatic rings. The lowest BCUT2D eigenvalue weighted by Gasteiger charge is -2.32. The average molecular weight is 400 g/mol. The molecule has 0 aliphatic carbocycles. The minimum atomic E-state index is -0.383. The third-order valence-electron chi connectivity index (χ3n) is 4.40. The molecule has 4 rings (SSSR count). The molecule has 0 unspecified atom stereocenters. The third-order valence-corrected chi connectivity index (χ3v) is 5.86. The Morgan fingerprint density at radius 1 is 1.19 bits per heavy atom. The molecular weight excluding hydrogens is 382 g/mol. The highest BCUT2D eigenvalue weighted by Crippen LogP contribution is 2.37. The summed E-state index contributed by atoms with van der Waals surface area (Å²) in [4.78, 5) is 13.0. The normalized spacial score (nSPS) is 18.4. The molecule has 138 valence electrons. The van der Waals surface area contributed by atoms with Gasteiger partial charge in [-0.25, -0.2) is 4.68 Å². The standard InChI is InChI=1S/C19H18ClN5OS/c1-12-22-23-19-25(12)24-16(14-7-9-15(20)10-8-14)17(27-19)18(26)21-11-13-5-3-2-4-6-13/h2-10,16-17,24H,11H2,1H3,(H,21,26)/t16-,17+/m0/s1. The smallest absolute Gasteiger partial charge is 0.236 e. The van der Waals surface area contributed by atoms with Gasteiger partial charge in [0, 0.05) is 11.6 Å². The van der Waals surface area contributed by atoms with Crippen LogP contribution in [0.25, 0.3) is 0 Å². The first-order valence-electron chi connectivity index (χ1n) is 8.54. The predicted molar refractivity (Wildman–Crippen MR) is 106 cm³/mol. The number of carbonyl (C=O) groups is 1. The van der Waals surface area contributed by atoms with Gasteiger partial charge < -0.3 is 10.7 Å². The quantitative estimate of drug-likeness (QED) is 0.704. The van der Waals surface area contributed by atoms with Gasteiger partial charge in [0.05, 0.1) is 6.04 Å². The van der Waals surface area contributed by atoms with Crippen molar-refractivity contribution < 1.29 is 4.79 Å². The maximum atomic E-state index is 13.0. The minimum Gasteiger partial charge on any atom is -0.351 e. The molecule has 0 saturated heterocycles. The Labute approximate surface area is 166 Å². The van der Waals surface area contributed by atoms with Crippen molar-refractivity contribution in [2.24, 2.45) is 0 Å². The Bertz CT molecular complexity index is 944. The summed E-state index contributed by atoms with van der Waals surface area (Å²) in [7, 11) is 0. The fourth-order valence-electron chi connectivity index (χ4n) is 2.97. The largest absolute Gasteiger partial charge is 0.351 e. The number of hydrogen-bond acceptors (Lipinski definition) is 5. The zero-order valence-corrected chi connectivity index (χ0v) is 16.2. The van der Waals surface area contributed by atoms with Gasteiger partial charge in [-0.3, -0.25) is 4.79 Å². The van der Waals surface area contributed by atoms with E-state index in [2.05, 4.69) is 20.9 Å². The minimum absolute atomic E-state index is 0.0526. The number of rotatable bonds is 4. The number of hydrogen-bond donors (Lipinski definition) is 2. The van der Waals surface area contributed by atoms with E-state index < -0.39 is 0 Å². The van der Waals surface area contributed by atoms with Crippen molar-refractivity contribution in [1.29, 1.82) is 0 Å². The fraction of sp³-hybridized carbons (Fsp3) is 0.211. The molecule has 0 fully saturated rings. The van der Waals surface area contributed by atoms with Gasteiger partial charge in [-0.2, -0.15) is 0 Å². The molecule has 2 aromatic carbocycles. The summed E-state index contributed by atoms with van der Waals surface area (Å²) >= 11 is 7.44. The summed E-state index contributed by atoms with van der Waals surface area (Å²) in [6.07, 6.45) is 0. The highest BCUT2D eigenvalue weighted by atomic mass is 35.5. The van der Waals surface area contributed by atoms with Crippen LogP contribution in [0.4, 0.5) is 0 Å². The van der Waals surface area contributed by atoms with Crippen LogP contribution in [0.3, 0.4) is 0 Å². The summed E-state index contributed by atoms with van der Waals surface area (Å²) in [6, 6.07) is 17.1. The molecule has 1 amide bonds. The van der Waals surface area contributed by atoms with Gasteiger partial charge >= 0.3 is 0 Å². The van der Waals surface area contributed by atoms with E-state index in [1.165, 1.54) is 11.8 Å². The second-order valence-corrected chi connectivity index (χ2v) is 7.81. The molecular formula is C19H18ClN5OS. The number of nitrogens with zero attached hydrogens (tertiary/aromatic N) is 3. The second-order valence-electron chi connectivity index (χ2n) is 6.27. The Hall–Kier alpha value is -2.51. The number of aryl methyl sites for hydroxylation is 1. The van der Waals surface area contributed by atoms with Crippen molar-refractivity contribution >= 4 is 29.3 Å². The molecule has 1 aromatic heterocycles. The van der Waals surface area contributed by atoms with Gasteiger partial charge in [0.25, 0.3) is 0 Å². The molecule has 27 heavy (non-hydrogen) atoms. The molecule has 0 radical (unpaired) electrons. The topological polar surface area (TPSA) is 71.8 Å². The van der Waals surface area contributed by atoms with Crippen LogP contribution in [0.15, 0.2) is 59.8 Å². The number of fused-ring (bicyclic) bond motifs is 1. The van der Waals surface area contributed by atoms with Gasteiger partial charge in [-0.15, -0.1) is 10.2 Å². The average Bonchev–Trinajstić information content (AvgIpc) is 3.07. The Morgan fingerprint density at radius 3 is 2.67 bits per heavy atom. The number of amides is 1. The summed E-state index contributed by atoms with van der Waals surface area (Å²) in [5.41, 5.74) is 5.41. The summed E-state index contributed by atoms with van der Waals surface area (Å²) in [5, 5.41) is 12.3. The van der Waals surface area contributed by atoms with Gasteiger partial charge in [-0.1, -0.05) is 65.8 Å². The number of halogens is 1. The van der Waals surface area contributed by atoms with Crippen molar-refractivity contribution in [2.45, 2.75) is 29.9 Å². The molecule has 6 nitrogen and oxygen atoms in total. The van der Waals surface area contributed by atoms with E-state index >= 15 is 0 Å². The first kappa shape index (κ1) is 17.9. The number of nitrogens with one attached hydrogen (secondary N) is 2. The van der Waals surface area contributed by atoms with E-state index in [1.807, 2.05) is 66.2 Å². The van der Waals surface area contributed by atoms with Crippen molar-refractivity contribution in [3.63, 3.8) is 0 Å². The highest BCUT2D eigenvalue weighted by Gasteiger charge is 2.37. The summed E-state index contributed by atoms with van der Waals surface area (Å²) in [6.45, 7) is 2.36. The highest BCUT2D eigenvalue weighted by molar-refractivity contribution is 8.00. The van der Waals surface area contributed by atoms with E-state index in [1.54, 1.807) is 0 Å². The Kier molecular flexibility index (Phi) is 5.05. The van der Waals surface area contributed by atoms with Crippen LogP contribution in [0, 0.1) is 6.92 Å². The third kappa shape index (κ3) is 3.79. The summed E-state index contributed by atoms with van der Waals surface area (Å²) in [5.74, 6) is 0.697. The number of benzene rings is 2. The van der Waals surface area contributed by atoms with E-state index in [4.69, 9.17) is 11.6 Å². The molecule has 0 bridgehead atoms. The lowest BCUT2D eigenvalue weighted by Crippen LogP contribution is -2.44. The van der Waals surface area contributed by atoms with Crippen molar-refractivity contribution in [3.05, 3.63) is 76.6 Å². The predicted octanol–water partition coefficient (Wildman–Crippen LogP) is 3.32.